The van der Waals surface area contributed by atoms with Gasteiger partial charge in [0.25, 0.3) is 0 Å². The van der Waals surface area contributed by atoms with Gasteiger partial charge in [-0.3, -0.25) is 4.79 Å². The van der Waals surface area contributed by atoms with Crippen molar-refractivity contribution in [3.8, 4) is 5.75 Å². The number of nitrogens with one attached hydrogen (secondary N) is 1. The van der Waals surface area contributed by atoms with Crippen LogP contribution in [0, 0.1) is 0 Å². The van der Waals surface area contributed by atoms with Crippen molar-refractivity contribution in [3.63, 3.8) is 0 Å². The number of hydrogen-bond acceptors (Lipinski definition) is 2. The second-order valence-electron chi connectivity index (χ2n) is 5.08. The molecule has 23 heavy (non-hydrogen) atoms. The fraction of sp³-hybridized carbons (Fsp3) is 0.211. The molecule has 1 amide bonds. The van der Waals surface area contributed by atoms with Gasteiger partial charge in [-0.2, -0.15) is 0 Å². The Balaban J connectivity index is 1.99. The standard InChI is InChI=1S/C19H20ClNO2/c1-2-3-13-23-18-10-5-4-9-17(18)21-19(22)12-11-15-7-6-8-16(20)14-15/h4-12,14H,2-3,13H2,1H3,(H,21,22). The van der Waals surface area contributed by atoms with Crippen molar-refractivity contribution < 1.29 is 9.53 Å². The summed E-state index contributed by atoms with van der Waals surface area (Å²) in [5.41, 5.74) is 1.55. The Labute approximate surface area is 141 Å². The van der Waals surface area contributed by atoms with Crippen LogP contribution in [0.3, 0.4) is 0 Å². The first-order valence-electron chi connectivity index (χ1n) is 7.65. The van der Waals surface area contributed by atoms with E-state index in [0.717, 1.165) is 18.4 Å². The zero-order valence-corrected chi connectivity index (χ0v) is 13.8. The number of halogens is 1. The highest BCUT2D eigenvalue weighted by atomic mass is 35.5. The second kappa shape index (κ2) is 9.01. The van der Waals surface area contributed by atoms with Gasteiger partial charge in [0, 0.05) is 11.1 Å². The molecule has 0 fully saturated rings. The van der Waals surface area contributed by atoms with Gasteiger partial charge in [-0.05, 0) is 42.3 Å². The highest BCUT2D eigenvalue weighted by molar-refractivity contribution is 6.30. The molecule has 0 saturated heterocycles. The van der Waals surface area contributed by atoms with Crippen LogP contribution in [0.5, 0.6) is 5.75 Å². The Hall–Kier alpha value is -2.26. The number of carbonyl (C=O) groups is 1. The number of amides is 1. The quantitative estimate of drug-likeness (QED) is 0.562. The molecule has 2 rings (SSSR count). The number of anilines is 1. The minimum atomic E-state index is -0.212. The molecule has 0 aliphatic rings. The molecule has 2 aromatic rings. The largest absolute Gasteiger partial charge is 0.491 e. The van der Waals surface area contributed by atoms with E-state index in [9.17, 15) is 4.79 Å². The number of para-hydroxylation sites is 2. The van der Waals surface area contributed by atoms with E-state index < -0.39 is 0 Å². The van der Waals surface area contributed by atoms with Gasteiger partial charge in [0.2, 0.25) is 5.91 Å². The lowest BCUT2D eigenvalue weighted by Crippen LogP contribution is -2.09. The van der Waals surface area contributed by atoms with Crippen LogP contribution in [0.2, 0.25) is 5.02 Å². The molecule has 0 aliphatic carbocycles. The van der Waals surface area contributed by atoms with Gasteiger partial charge in [0.05, 0.1) is 12.3 Å². The molecule has 120 valence electrons. The van der Waals surface area contributed by atoms with E-state index in [1.165, 1.54) is 6.08 Å². The summed E-state index contributed by atoms with van der Waals surface area (Å²) >= 11 is 5.92. The van der Waals surface area contributed by atoms with Crippen LogP contribution in [0.1, 0.15) is 25.3 Å². The van der Waals surface area contributed by atoms with Crippen molar-refractivity contribution in [2.45, 2.75) is 19.8 Å². The summed E-state index contributed by atoms with van der Waals surface area (Å²) < 4.78 is 5.70. The molecule has 0 heterocycles. The first-order chi connectivity index (χ1) is 11.2. The number of benzene rings is 2. The summed E-state index contributed by atoms with van der Waals surface area (Å²) in [6, 6.07) is 14.8. The van der Waals surface area contributed by atoms with E-state index in [4.69, 9.17) is 16.3 Å². The number of unbranched alkanes of at least 4 members (excludes halogenated alkanes) is 1. The second-order valence-corrected chi connectivity index (χ2v) is 5.51. The lowest BCUT2D eigenvalue weighted by molar-refractivity contribution is -0.111. The van der Waals surface area contributed by atoms with E-state index in [-0.39, 0.29) is 5.91 Å². The smallest absolute Gasteiger partial charge is 0.248 e. The molecule has 0 bridgehead atoms. The maximum absolute atomic E-state index is 12.1. The molecule has 3 nitrogen and oxygen atoms in total. The summed E-state index contributed by atoms with van der Waals surface area (Å²) in [7, 11) is 0. The number of carbonyl (C=O) groups excluding carboxylic acids is 1. The first kappa shape index (κ1) is 17.1. The summed E-state index contributed by atoms with van der Waals surface area (Å²) in [5, 5.41) is 3.48. The van der Waals surface area contributed by atoms with Crippen molar-refractivity contribution >= 4 is 29.3 Å². The van der Waals surface area contributed by atoms with Crippen molar-refractivity contribution in [2.75, 3.05) is 11.9 Å². The molecule has 0 radical (unpaired) electrons. The van der Waals surface area contributed by atoms with Crippen LogP contribution in [-0.4, -0.2) is 12.5 Å². The van der Waals surface area contributed by atoms with E-state index in [1.807, 2.05) is 36.4 Å². The van der Waals surface area contributed by atoms with Crippen LogP contribution in [0.4, 0.5) is 5.69 Å². The lowest BCUT2D eigenvalue weighted by Gasteiger charge is -2.11. The Kier molecular flexibility index (Phi) is 6.70. The van der Waals surface area contributed by atoms with Gasteiger partial charge < -0.3 is 10.1 Å². The Bertz CT molecular complexity index is 683. The average Bonchev–Trinajstić information content (AvgIpc) is 2.55. The molecular formula is C19H20ClNO2. The van der Waals surface area contributed by atoms with Gasteiger partial charge in [-0.25, -0.2) is 0 Å². The zero-order valence-electron chi connectivity index (χ0n) is 13.1. The monoisotopic (exact) mass is 329 g/mol. The Morgan fingerprint density at radius 3 is 2.83 bits per heavy atom. The predicted octanol–water partition coefficient (Wildman–Crippen LogP) is 5.17. The molecule has 0 aliphatic heterocycles. The SMILES string of the molecule is CCCCOc1ccccc1NC(=O)C=Cc1cccc(Cl)c1. The van der Waals surface area contributed by atoms with Crippen LogP contribution in [-0.2, 0) is 4.79 Å². The maximum Gasteiger partial charge on any atom is 0.248 e. The third-order valence-electron chi connectivity index (χ3n) is 3.18. The fourth-order valence-corrected chi connectivity index (χ4v) is 2.18. The van der Waals surface area contributed by atoms with Crippen LogP contribution >= 0.6 is 11.6 Å². The minimum Gasteiger partial charge on any atom is -0.491 e. The topological polar surface area (TPSA) is 38.3 Å². The third kappa shape index (κ3) is 5.80. The van der Waals surface area contributed by atoms with E-state index in [1.54, 1.807) is 18.2 Å². The highest BCUT2D eigenvalue weighted by Crippen LogP contribution is 2.24. The first-order valence-corrected chi connectivity index (χ1v) is 8.03. The zero-order chi connectivity index (χ0) is 16.5. The van der Waals surface area contributed by atoms with Gasteiger partial charge in [-0.15, -0.1) is 0 Å². The van der Waals surface area contributed by atoms with Crippen molar-refractivity contribution in [3.05, 3.63) is 65.2 Å². The highest BCUT2D eigenvalue weighted by Gasteiger charge is 2.05. The van der Waals surface area contributed by atoms with Crippen LogP contribution in [0.15, 0.2) is 54.6 Å². The van der Waals surface area contributed by atoms with Crippen LogP contribution in [0.25, 0.3) is 6.08 Å². The fourth-order valence-electron chi connectivity index (χ4n) is 1.98. The van der Waals surface area contributed by atoms with E-state index >= 15 is 0 Å². The van der Waals surface area contributed by atoms with E-state index in [2.05, 4.69) is 12.2 Å². The molecular weight excluding hydrogens is 310 g/mol. The Morgan fingerprint density at radius 2 is 2.04 bits per heavy atom. The molecule has 2 aromatic carbocycles. The predicted molar refractivity (Wildman–Crippen MR) is 96.0 cm³/mol. The summed E-state index contributed by atoms with van der Waals surface area (Å²) in [6.45, 7) is 2.75. The lowest BCUT2D eigenvalue weighted by atomic mass is 10.2. The molecule has 4 heteroatoms. The van der Waals surface area contributed by atoms with Crippen LogP contribution < -0.4 is 10.1 Å². The molecule has 0 unspecified atom stereocenters. The molecule has 0 saturated carbocycles. The summed E-state index contributed by atoms with van der Waals surface area (Å²) in [5.74, 6) is 0.474. The molecule has 1 N–H and O–H groups in total. The number of ether oxygens (including phenoxy) is 1. The Morgan fingerprint density at radius 1 is 1.22 bits per heavy atom. The minimum absolute atomic E-state index is 0.212. The summed E-state index contributed by atoms with van der Waals surface area (Å²) in [4.78, 5) is 12.1. The van der Waals surface area contributed by atoms with Gasteiger partial charge >= 0.3 is 0 Å². The van der Waals surface area contributed by atoms with Gasteiger partial charge in [0.15, 0.2) is 0 Å². The van der Waals surface area contributed by atoms with Gasteiger partial charge in [0.1, 0.15) is 5.75 Å². The number of rotatable bonds is 7. The van der Waals surface area contributed by atoms with E-state index in [0.29, 0.717) is 23.1 Å². The average molecular weight is 330 g/mol. The summed E-state index contributed by atoms with van der Waals surface area (Å²) in [6.07, 6.45) is 5.25. The molecule has 0 atom stereocenters. The number of hydrogen-bond donors (Lipinski definition) is 1. The van der Waals surface area contributed by atoms with Crippen molar-refractivity contribution in [1.82, 2.24) is 0 Å². The maximum atomic E-state index is 12.1. The molecule has 0 spiro atoms. The normalized spacial score (nSPS) is 10.7. The van der Waals surface area contributed by atoms with Crippen molar-refractivity contribution in [1.29, 1.82) is 0 Å². The third-order valence-corrected chi connectivity index (χ3v) is 3.41. The molecule has 0 aromatic heterocycles. The van der Waals surface area contributed by atoms with Crippen molar-refractivity contribution in [2.24, 2.45) is 0 Å². The van der Waals surface area contributed by atoms with Gasteiger partial charge in [-0.1, -0.05) is 49.2 Å².